The Balaban J connectivity index is 1.47. The number of hydrogen-bond donors (Lipinski definition) is 1. The molecule has 1 heterocycles. The van der Waals surface area contributed by atoms with Gasteiger partial charge in [-0.1, -0.05) is 54.9 Å². The molecule has 1 aromatic heterocycles. The Morgan fingerprint density at radius 1 is 1.00 bits per heavy atom. The van der Waals surface area contributed by atoms with Crippen molar-refractivity contribution in [2.45, 2.75) is 44.1 Å². The van der Waals surface area contributed by atoms with Gasteiger partial charge in [-0.05, 0) is 67.4 Å². The molecule has 0 radical (unpaired) electrons. The predicted molar refractivity (Wildman–Crippen MR) is 140 cm³/mol. The number of thioether (sulfide) groups is 1. The molecular weight excluding hydrogens is 475 g/mol. The zero-order chi connectivity index (χ0) is 25.3. The van der Waals surface area contributed by atoms with Gasteiger partial charge in [0, 0.05) is 17.0 Å². The van der Waals surface area contributed by atoms with Crippen molar-refractivity contribution in [2.75, 3.05) is 6.61 Å². The molecule has 0 saturated carbocycles. The highest BCUT2D eigenvalue weighted by Gasteiger charge is 2.16. The molecule has 1 amide bonds. The summed E-state index contributed by atoms with van der Waals surface area (Å²) in [6.45, 7) is 5.02. The Bertz CT molecular complexity index is 1270. The van der Waals surface area contributed by atoms with Gasteiger partial charge in [-0.25, -0.2) is 4.39 Å². The Morgan fingerprint density at radius 3 is 2.42 bits per heavy atom. The van der Waals surface area contributed by atoms with Gasteiger partial charge in [0.1, 0.15) is 11.6 Å². The molecule has 3 aromatic carbocycles. The molecular formula is C28H29FN4O2S. The number of carbonyl (C=O) groups excluding carboxylic acids is 1. The number of benzene rings is 3. The van der Waals surface area contributed by atoms with Crippen LogP contribution in [-0.4, -0.2) is 27.3 Å². The number of hydrogen-bond acceptors (Lipinski definition) is 5. The first-order valence-electron chi connectivity index (χ1n) is 11.9. The van der Waals surface area contributed by atoms with Crippen LogP contribution in [0.2, 0.25) is 0 Å². The van der Waals surface area contributed by atoms with E-state index in [0.29, 0.717) is 28.9 Å². The summed E-state index contributed by atoms with van der Waals surface area (Å²) in [6.07, 6.45) is 2.06. The third-order valence-corrected chi connectivity index (χ3v) is 6.56. The SMILES string of the molecule is CCCCOc1ccc(C(=O)NCc2nnc(SCc3ccc(F)cc3)n2-c2ccc(C)cc2)cc1. The van der Waals surface area contributed by atoms with Crippen LogP contribution in [0.15, 0.2) is 78.0 Å². The standard InChI is InChI=1S/C28H29FN4O2S/c1-3-4-17-35-25-15-9-22(10-16-25)27(34)30-18-26-31-32-28(33(26)24-13-5-20(2)6-14-24)36-19-21-7-11-23(29)12-8-21/h5-16H,3-4,17-19H2,1-2H3,(H,30,34). The molecule has 4 aromatic rings. The van der Waals surface area contributed by atoms with E-state index in [9.17, 15) is 9.18 Å². The molecule has 0 unspecified atom stereocenters. The number of unbranched alkanes of at least 4 members (excludes halogenated alkanes) is 1. The lowest BCUT2D eigenvalue weighted by atomic mass is 10.2. The zero-order valence-electron chi connectivity index (χ0n) is 20.4. The van der Waals surface area contributed by atoms with E-state index in [1.54, 1.807) is 24.3 Å². The molecule has 1 N–H and O–H groups in total. The lowest BCUT2D eigenvalue weighted by Crippen LogP contribution is -2.24. The largest absolute Gasteiger partial charge is 0.494 e. The molecule has 186 valence electrons. The monoisotopic (exact) mass is 504 g/mol. The van der Waals surface area contributed by atoms with Crippen molar-refractivity contribution >= 4 is 17.7 Å². The summed E-state index contributed by atoms with van der Waals surface area (Å²) in [5.41, 5.74) is 3.58. The summed E-state index contributed by atoms with van der Waals surface area (Å²) >= 11 is 1.51. The molecule has 4 rings (SSSR count). The van der Waals surface area contributed by atoms with Gasteiger partial charge in [0.05, 0.1) is 13.2 Å². The van der Waals surface area contributed by atoms with Crippen LogP contribution in [-0.2, 0) is 12.3 Å². The van der Waals surface area contributed by atoms with Crippen LogP contribution < -0.4 is 10.1 Å². The van der Waals surface area contributed by atoms with Crippen LogP contribution in [0, 0.1) is 12.7 Å². The summed E-state index contributed by atoms with van der Waals surface area (Å²) in [5, 5.41) is 12.4. The number of carbonyl (C=O) groups is 1. The maximum atomic E-state index is 13.3. The molecule has 0 saturated heterocycles. The number of nitrogens with one attached hydrogen (secondary N) is 1. The lowest BCUT2D eigenvalue weighted by Gasteiger charge is -2.12. The van der Waals surface area contributed by atoms with Gasteiger partial charge in [0.2, 0.25) is 0 Å². The molecule has 6 nitrogen and oxygen atoms in total. The Kier molecular flexibility index (Phi) is 8.73. The summed E-state index contributed by atoms with van der Waals surface area (Å²) < 4.78 is 20.9. The first kappa shape index (κ1) is 25.4. The fraction of sp³-hybridized carbons (Fsp3) is 0.250. The van der Waals surface area contributed by atoms with Gasteiger partial charge in [0.15, 0.2) is 11.0 Å². The van der Waals surface area contributed by atoms with Gasteiger partial charge < -0.3 is 10.1 Å². The van der Waals surface area contributed by atoms with Crippen molar-refractivity contribution in [1.82, 2.24) is 20.1 Å². The molecule has 0 aliphatic carbocycles. The minimum Gasteiger partial charge on any atom is -0.494 e. The number of nitrogens with zero attached hydrogens (tertiary/aromatic N) is 3. The Morgan fingerprint density at radius 2 is 1.72 bits per heavy atom. The van der Waals surface area contributed by atoms with Crippen LogP contribution in [0.4, 0.5) is 4.39 Å². The Hall–Kier alpha value is -3.65. The van der Waals surface area contributed by atoms with E-state index in [1.165, 1.54) is 23.9 Å². The minimum absolute atomic E-state index is 0.200. The van der Waals surface area contributed by atoms with Crippen molar-refractivity contribution in [2.24, 2.45) is 0 Å². The maximum absolute atomic E-state index is 13.3. The maximum Gasteiger partial charge on any atom is 0.251 e. The second-order valence-corrected chi connectivity index (χ2v) is 9.34. The number of aromatic nitrogens is 3. The fourth-order valence-corrected chi connectivity index (χ4v) is 4.41. The van der Waals surface area contributed by atoms with E-state index in [0.717, 1.165) is 35.4 Å². The van der Waals surface area contributed by atoms with E-state index in [4.69, 9.17) is 4.74 Å². The molecule has 0 aliphatic heterocycles. The fourth-order valence-electron chi connectivity index (χ4n) is 3.49. The van der Waals surface area contributed by atoms with Crippen molar-refractivity contribution in [3.05, 3.63) is 101 Å². The van der Waals surface area contributed by atoms with Gasteiger partial charge in [0.25, 0.3) is 5.91 Å². The molecule has 0 atom stereocenters. The molecule has 8 heteroatoms. The summed E-state index contributed by atoms with van der Waals surface area (Å²) in [7, 11) is 0. The quantitative estimate of drug-likeness (QED) is 0.197. The average molecular weight is 505 g/mol. The highest BCUT2D eigenvalue weighted by atomic mass is 32.2. The van der Waals surface area contributed by atoms with Gasteiger partial charge in [-0.2, -0.15) is 0 Å². The highest BCUT2D eigenvalue weighted by molar-refractivity contribution is 7.98. The molecule has 0 spiro atoms. The molecule has 0 aliphatic rings. The van der Waals surface area contributed by atoms with Crippen molar-refractivity contribution in [1.29, 1.82) is 0 Å². The number of rotatable bonds is 11. The van der Waals surface area contributed by atoms with E-state index in [1.807, 2.05) is 47.9 Å². The zero-order valence-corrected chi connectivity index (χ0v) is 21.2. The number of aryl methyl sites for hydroxylation is 1. The van der Waals surface area contributed by atoms with Crippen molar-refractivity contribution in [3.8, 4) is 11.4 Å². The van der Waals surface area contributed by atoms with E-state index in [2.05, 4.69) is 22.4 Å². The van der Waals surface area contributed by atoms with E-state index < -0.39 is 0 Å². The van der Waals surface area contributed by atoms with Crippen LogP contribution in [0.5, 0.6) is 5.75 Å². The minimum atomic E-state index is -0.261. The molecule has 0 bridgehead atoms. The topological polar surface area (TPSA) is 69.0 Å². The lowest BCUT2D eigenvalue weighted by molar-refractivity contribution is 0.0949. The summed E-state index contributed by atoms with van der Waals surface area (Å²) in [5.74, 6) is 1.52. The predicted octanol–water partition coefficient (Wildman–Crippen LogP) is 6.12. The molecule has 36 heavy (non-hydrogen) atoms. The van der Waals surface area contributed by atoms with Crippen LogP contribution in [0.1, 0.15) is 47.1 Å². The second kappa shape index (κ2) is 12.4. The number of halogens is 1. The van der Waals surface area contributed by atoms with Gasteiger partial charge in [-0.15, -0.1) is 10.2 Å². The van der Waals surface area contributed by atoms with Gasteiger partial charge in [-0.3, -0.25) is 9.36 Å². The van der Waals surface area contributed by atoms with Crippen LogP contribution >= 0.6 is 11.8 Å². The number of amides is 1. The summed E-state index contributed by atoms with van der Waals surface area (Å²) in [6, 6.07) is 21.6. The first-order valence-corrected chi connectivity index (χ1v) is 12.9. The smallest absolute Gasteiger partial charge is 0.251 e. The highest BCUT2D eigenvalue weighted by Crippen LogP contribution is 2.26. The Labute approximate surface area is 214 Å². The third-order valence-electron chi connectivity index (χ3n) is 5.56. The van der Waals surface area contributed by atoms with E-state index >= 15 is 0 Å². The average Bonchev–Trinajstić information content (AvgIpc) is 3.30. The molecule has 0 fully saturated rings. The summed E-state index contributed by atoms with van der Waals surface area (Å²) in [4.78, 5) is 12.8. The van der Waals surface area contributed by atoms with Crippen molar-refractivity contribution < 1.29 is 13.9 Å². The van der Waals surface area contributed by atoms with Crippen molar-refractivity contribution in [3.63, 3.8) is 0 Å². The van der Waals surface area contributed by atoms with Gasteiger partial charge >= 0.3 is 0 Å². The second-order valence-electron chi connectivity index (χ2n) is 8.39. The van der Waals surface area contributed by atoms with E-state index in [-0.39, 0.29) is 18.3 Å². The van der Waals surface area contributed by atoms with Crippen LogP contribution in [0.25, 0.3) is 5.69 Å². The normalized spacial score (nSPS) is 10.9. The first-order chi connectivity index (χ1) is 17.5. The third kappa shape index (κ3) is 6.73. The van der Waals surface area contributed by atoms with Crippen LogP contribution in [0.3, 0.4) is 0 Å². The number of ether oxygens (including phenoxy) is 1.